The predicted octanol–water partition coefficient (Wildman–Crippen LogP) is 5.56. The molecule has 0 bridgehead atoms. The van der Waals surface area contributed by atoms with Crippen LogP contribution in [0, 0.1) is 6.92 Å². The highest BCUT2D eigenvalue weighted by Gasteiger charge is 2.40. The maximum absolute atomic E-state index is 14.4. The number of hydrogen-bond acceptors (Lipinski definition) is 7. The standard InChI is InChI=1S/C34H49N3O6S/c1-10-23(3)37(30(39)27(21-44)36-32(41)43-34(7,8)9)28(25-19-15-14-16-22(25)2)29(38)35-26(31(40)42-33(4,5)6)20-24-17-12-11-13-18-24/h11-19,23,26-28,44H,10,20-21H2,1-9H3,(H,35,38)(H,36,41). The van der Waals surface area contributed by atoms with Gasteiger partial charge in [0.2, 0.25) is 11.8 Å². The van der Waals surface area contributed by atoms with Crippen LogP contribution in [0.2, 0.25) is 0 Å². The van der Waals surface area contributed by atoms with Gasteiger partial charge in [-0.1, -0.05) is 61.5 Å². The minimum absolute atomic E-state index is 0.0261. The number of alkyl carbamates (subject to hydrolysis) is 1. The highest BCUT2D eigenvalue weighted by molar-refractivity contribution is 7.80. The van der Waals surface area contributed by atoms with Gasteiger partial charge >= 0.3 is 12.1 Å². The number of nitrogens with one attached hydrogen (secondary N) is 2. The molecule has 0 aromatic heterocycles. The lowest BCUT2D eigenvalue weighted by Gasteiger charge is -2.39. The fraction of sp³-hybridized carbons (Fsp3) is 0.529. The molecule has 9 nitrogen and oxygen atoms in total. The molecule has 3 amide bonds. The van der Waals surface area contributed by atoms with E-state index in [0.29, 0.717) is 12.0 Å². The molecule has 0 spiro atoms. The molecule has 0 aliphatic heterocycles. The Bertz CT molecular complexity index is 1270. The van der Waals surface area contributed by atoms with Crippen molar-refractivity contribution in [3.05, 3.63) is 71.3 Å². The molecule has 0 heterocycles. The van der Waals surface area contributed by atoms with Crippen LogP contribution in [0.25, 0.3) is 0 Å². The van der Waals surface area contributed by atoms with Crippen molar-refractivity contribution in [2.75, 3.05) is 5.75 Å². The summed E-state index contributed by atoms with van der Waals surface area (Å²) in [7, 11) is 0. The fourth-order valence-corrected chi connectivity index (χ4v) is 4.84. The molecule has 2 rings (SSSR count). The van der Waals surface area contributed by atoms with Crippen LogP contribution in [0.1, 0.15) is 84.5 Å². The summed E-state index contributed by atoms with van der Waals surface area (Å²) in [6, 6.07) is 13.0. The lowest BCUT2D eigenvalue weighted by molar-refractivity contribution is -0.159. The molecule has 2 N–H and O–H groups in total. The molecule has 44 heavy (non-hydrogen) atoms. The van der Waals surface area contributed by atoms with Gasteiger partial charge in [0.15, 0.2) is 0 Å². The Kier molecular flexibility index (Phi) is 13.3. The summed E-state index contributed by atoms with van der Waals surface area (Å²) in [4.78, 5) is 56.2. The first kappa shape index (κ1) is 36.7. The van der Waals surface area contributed by atoms with E-state index in [0.717, 1.165) is 11.1 Å². The zero-order valence-corrected chi connectivity index (χ0v) is 28.4. The minimum Gasteiger partial charge on any atom is -0.458 e. The predicted molar refractivity (Wildman–Crippen MR) is 175 cm³/mol. The molecule has 242 valence electrons. The fourth-order valence-electron chi connectivity index (χ4n) is 4.59. The molecule has 2 aromatic rings. The smallest absolute Gasteiger partial charge is 0.408 e. The Morgan fingerprint density at radius 2 is 1.41 bits per heavy atom. The lowest BCUT2D eigenvalue weighted by atomic mass is 9.95. The maximum Gasteiger partial charge on any atom is 0.408 e. The quantitative estimate of drug-likeness (QED) is 0.210. The van der Waals surface area contributed by atoms with Gasteiger partial charge in [-0.25, -0.2) is 9.59 Å². The zero-order chi connectivity index (χ0) is 33.2. The number of esters is 1. The van der Waals surface area contributed by atoms with E-state index in [1.807, 2.05) is 63.2 Å². The molecule has 0 saturated carbocycles. The van der Waals surface area contributed by atoms with E-state index in [1.165, 1.54) is 4.90 Å². The monoisotopic (exact) mass is 627 g/mol. The van der Waals surface area contributed by atoms with E-state index in [9.17, 15) is 19.2 Å². The number of thiol groups is 1. The third-order valence-corrected chi connectivity index (χ3v) is 7.16. The van der Waals surface area contributed by atoms with Gasteiger partial charge in [0, 0.05) is 18.2 Å². The third kappa shape index (κ3) is 11.2. The summed E-state index contributed by atoms with van der Waals surface area (Å²) in [5.74, 6) is -1.66. The molecule has 2 aromatic carbocycles. The van der Waals surface area contributed by atoms with Crippen molar-refractivity contribution < 1.29 is 28.7 Å². The maximum atomic E-state index is 14.4. The number of nitrogens with zero attached hydrogens (tertiary/aromatic N) is 1. The van der Waals surface area contributed by atoms with Crippen molar-refractivity contribution in [3.8, 4) is 0 Å². The molecular formula is C34H49N3O6S. The Morgan fingerprint density at radius 1 is 0.841 bits per heavy atom. The second kappa shape index (κ2) is 16.0. The second-order valence-corrected chi connectivity index (χ2v) is 13.3. The van der Waals surface area contributed by atoms with E-state index >= 15 is 0 Å². The van der Waals surface area contributed by atoms with E-state index in [1.54, 1.807) is 53.7 Å². The average Bonchev–Trinajstić information content (AvgIpc) is 2.92. The molecule has 4 atom stereocenters. The third-order valence-electron chi connectivity index (χ3n) is 6.79. The van der Waals surface area contributed by atoms with Crippen molar-refractivity contribution in [3.63, 3.8) is 0 Å². The van der Waals surface area contributed by atoms with Crippen LogP contribution in [0.3, 0.4) is 0 Å². The van der Waals surface area contributed by atoms with E-state index in [2.05, 4.69) is 23.3 Å². The first-order valence-corrected chi connectivity index (χ1v) is 15.7. The highest BCUT2D eigenvalue weighted by Crippen LogP contribution is 2.29. The van der Waals surface area contributed by atoms with Gasteiger partial charge in [0.1, 0.15) is 29.3 Å². The number of rotatable bonds is 12. The van der Waals surface area contributed by atoms with Crippen molar-refractivity contribution in [1.82, 2.24) is 15.5 Å². The molecule has 0 aliphatic carbocycles. The SMILES string of the molecule is CCC(C)N(C(=O)C(CS)NC(=O)OC(C)(C)C)C(C(=O)NC(Cc1ccccc1)C(=O)OC(C)(C)C)c1ccccc1C. The molecule has 0 aliphatic rings. The number of carbonyl (C=O) groups excluding carboxylic acids is 4. The summed E-state index contributed by atoms with van der Waals surface area (Å²) in [6.07, 6.45) is -0.0514. The molecule has 0 radical (unpaired) electrons. The minimum atomic E-state index is -1.12. The van der Waals surface area contributed by atoms with Gasteiger partial charge < -0.3 is 25.0 Å². The van der Waals surface area contributed by atoms with Crippen LogP contribution in [0.4, 0.5) is 4.79 Å². The average molecular weight is 628 g/mol. The molecular weight excluding hydrogens is 578 g/mol. The van der Waals surface area contributed by atoms with Crippen LogP contribution in [-0.4, -0.2) is 63.9 Å². The van der Waals surface area contributed by atoms with Crippen LogP contribution in [0.5, 0.6) is 0 Å². The summed E-state index contributed by atoms with van der Waals surface area (Å²) in [5.41, 5.74) is 0.661. The van der Waals surface area contributed by atoms with E-state index in [4.69, 9.17) is 9.47 Å². The Balaban J connectivity index is 2.59. The number of benzene rings is 2. The second-order valence-electron chi connectivity index (χ2n) is 12.9. The van der Waals surface area contributed by atoms with Crippen molar-refractivity contribution in [2.45, 2.75) is 111 Å². The zero-order valence-electron chi connectivity index (χ0n) is 27.5. The van der Waals surface area contributed by atoms with Gasteiger partial charge in [-0.3, -0.25) is 9.59 Å². The number of amides is 3. The number of hydrogen-bond donors (Lipinski definition) is 3. The van der Waals surface area contributed by atoms with Crippen LogP contribution >= 0.6 is 12.6 Å². The van der Waals surface area contributed by atoms with E-state index in [-0.39, 0.29) is 12.2 Å². The summed E-state index contributed by atoms with van der Waals surface area (Å²) in [6.45, 7) is 16.1. The lowest BCUT2D eigenvalue weighted by Crippen LogP contribution is -2.57. The van der Waals surface area contributed by atoms with Crippen LogP contribution in [-0.2, 0) is 30.3 Å². The molecule has 4 unspecified atom stereocenters. The molecule has 0 fully saturated rings. The normalized spacial score (nSPS) is 14.4. The number of ether oxygens (including phenoxy) is 2. The Labute approximate surface area is 267 Å². The van der Waals surface area contributed by atoms with E-state index < -0.39 is 59.2 Å². The molecule has 10 heteroatoms. The van der Waals surface area contributed by atoms with Gasteiger partial charge in [-0.05, 0) is 78.5 Å². The Morgan fingerprint density at radius 3 is 1.93 bits per heavy atom. The van der Waals surface area contributed by atoms with Gasteiger partial charge in [0.25, 0.3) is 0 Å². The summed E-state index contributed by atoms with van der Waals surface area (Å²) < 4.78 is 11.1. The van der Waals surface area contributed by atoms with Gasteiger partial charge in [0.05, 0.1) is 0 Å². The van der Waals surface area contributed by atoms with Crippen molar-refractivity contribution in [1.29, 1.82) is 0 Å². The summed E-state index contributed by atoms with van der Waals surface area (Å²) >= 11 is 4.36. The van der Waals surface area contributed by atoms with Gasteiger partial charge in [-0.15, -0.1) is 0 Å². The number of aryl methyl sites for hydroxylation is 1. The van der Waals surface area contributed by atoms with Crippen LogP contribution < -0.4 is 10.6 Å². The largest absolute Gasteiger partial charge is 0.458 e. The summed E-state index contributed by atoms with van der Waals surface area (Å²) in [5, 5.41) is 5.54. The first-order valence-electron chi connectivity index (χ1n) is 15.0. The van der Waals surface area contributed by atoms with Crippen molar-refractivity contribution >= 4 is 36.5 Å². The Hall–Kier alpha value is -3.53. The molecule has 0 saturated heterocycles. The highest BCUT2D eigenvalue weighted by atomic mass is 32.1. The number of carbonyl (C=O) groups is 4. The topological polar surface area (TPSA) is 114 Å². The van der Waals surface area contributed by atoms with Crippen molar-refractivity contribution in [2.24, 2.45) is 0 Å². The van der Waals surface area contributed by atoms with Crippen LogP contribution in [0.15, 0.2) is 54.6 Å². The first-order chi connectivity index (χ1) is 20.5. The van der Waals surface area contributed by atoms with Gasteiger partial charge in [-0.2, -0.15) is 12.6 Å².